The zero-order chi connectivity index (χ0) is 7.71. The van der Waals surface area contributed by atoms with Crippen molar-refractivity contribution >= 4 is 47.9 Å². The van der Waals surface area contributed by atoms with Gasteiger partial charge in [0.25, 0.3) is 0 Å². The van der Waals surface area contributed by atoms with Crippen LogP contribution in [0.25, 0.3) is 0 Å². The molecule has 0 aromatic carbocycles. The summed E-state index contributed by atoms with van der Waals surface area (Å²) in [5.74, 6) is 0. The molecule has 10 heteroatoms. The maximum absolute atomic E-state index is 9.63. The summed E-state index contributed by atoms with van der Waals surface area (Å²) < 4.78 is 54.0. The first kappa shape index (κ1) is 13.4. The van der Waals surface area contributed by atoms with E-state index in [1.54, 1.807) is 0 Å². The van der Waals surface area contributed by atoms with Gasteiger partial charge in [0.2, 0.25) is 0 Å². The van der Waals surface area contributed by atoms with Crippen molar-refractivity contribution in [3.8, 4) is 0 Å². The van der Waals surface area contributed by atoms with Crippen LogP contribution in [0.15, 0.2) is 0 Å². The zero-order valence-electron chi connectivity index (χ0n) is 3.75. The average molecular weight is 267 g/mol. The topological polar surface area (TPSA) is 109 Å². The first-order chi connectivity index (χ1) is 3.71. The van der Waals surface area contributed by atoms with Gasteiger partial charge in [-0.1, -0.05) is 0 Å². The van der Waals surface area contributed by atoms with Gasteiger partial charge >= 0.3 is 38.1 Å². The third-order valence-corrected chi connectivity index (χ3v) is 4.64. The second kappa shape index (κ2) is 3.99. The molecule has 0 bridgehead atoms. The molecule has 0 unspecified atom stereocenters. The number of hydrogen-bond donors (Lipinski definition) is 2. The number of rotatable bonds is 2. The van der Waals surface area contributed by atoms with E-state index >= 15 is 0 Å². The van der Waals surface area contributed by atoms with E-state index in [0.717, 1.165) is 0 Å². The van der Waals surface area contributed by atoms with Crippen molar-refractivity contribution in [2.45, 2.75) is 0 Å². The molecule has 0 aliphatic heterocycles. The SMILES string of the molecule is O=S(=O)(O)SS(=O)(=O)O.[GaH3]. The van der Waals surface area contributed by atoms with Crippen LogP contribution in [-0.2, 0) is 18.3 Å². The van der Waals surface area contributed by atoms with Crippen molar-refractivity contribution < 1.29 is 25.9 Å². The third-order valence-electron chi connectivity index (χ3n) is 0.172. The molecule has 0 fully saturated rings. The van der Waals surface area contributed by atoms with Crippen molar-refractivity contribution in [1.29, 1.82) is 0 Å². The molecule has 0 rings (SSSR count). The quantitative estimate of drug-likeness (QED) is 0.343. The standard InChI is InChI=1S/Ga.H2O6S3.3H/c;1-8(2,3)7-9(4,5)6;;;/h;(H,1,2,3)(H,4,5,6);;;. The van der Waals surface area contributed by atoms with Gasteiger partial charge in [0, 0.05) is 0 Å². The van der Waals surface area contributed by atoms with E-state index in [0.29, 0.717) is 0 Å². The van der Waals surface area contributed by atoms with E-state index in [4.69, 9.17) is 9.11 Å². The summed E-state index contributed by atoms with van der Waals surface area (Å²) in [7, 11) is -10.3. The van der Waals surface area contributed by atoms with Crippen LogP contribution in [0, 0.1) is 0 Å². The second-order valence-electron chi connectivity index (χ2n) is 0.924. The van der Waals surface area contributed by atoms with Crippen molar-refractivity contribution in [2.24, 2.45) is 0 Å². The van der Waals surface area contributed by atoms with Gasteiger partial charge < -0.3 is 0 Å². The van der Waals surface area contributed by atoms with Crippen LogP contribution in [0.5, 0.6) is 0 Å². The second-order valence-corrected chi connectivity index (χ2v) is 6.93. The fourth-order valence-corrected chi connectivity index (χ4v) is 2.93. The van der Waals surface area contributed by atoms with E-state index in [1.165, 1.54) is 0 Å². The molecule has 0 amide bonds. The van der Waals surface area contributed by atoms with Crippen LogP contribution >= 0.6 is 9.83 Å². The summed E-state index contributed by atoms with van der Waals surface area (Å²) in [6.07, 6.45) is 0. The van der Waals surface area contributed by atoms with E-state index in [2.05, 4.69) is 0 Å². The van der Waals surface area contributed by atoms with Gasteiger partial charge in [0.15, 0.2) is 9.83 Å². The average Bonchev–Trinajstić information content (AvgIpc) is 1.14. The Hall–Kier alpha value is 0.806. The van der Waals surface area contributed by atoms with Crippen molar-refractivity contribution in [3.63, 3.8) is 0 Å². The van der Waals surface area contributed by atoms with E-state index in [-0.39, 0.29) is 19.8 Å². The fraction of sp³-hybridized carbons (Fsp3) is 0. The van der Waals surface area contributed by atoms with Crippen LogP contribution < -0.4 is 0 Å². The molecular formula is H5GaO6S3. The first-order valence-corrected chi connectivity index (χ1v) is 6.10. The molecule has 0 atom stereocenters. The molecule has 0 aliphatic rings. The Bertz CT molecular complexity index is 238. The van der Waals surface area contributed by atoms with E-state index < -0.39 is 28.1 Å². The molecule has 62 valence electrons. The first-order valence-electron chi connectivity index (χ1n) is 1.37. The van der Waals surface area contributed by atoms with Gasteiger partial charge in [-0.25, -0.2) is 0 Å². The molecule has 0 aromatic rings. The molecule has 0 saturated carbocycles. The minimum absolute atomic E-state index is 0. The Kier molecular flexibility index (Phi) is 5.35. The molecule has 6 nitrogen and oxygen atoms in total. The van der Waals surface area contributed by atoms with E-state index in [9.17, 15) is 16.8 Å². The van der Waals surface area contributed by atoms with Crippen LogP contribution in [0.3, 0.4) is 0 Å². The maximum atomic E-state index is 9.63. The van der Waals surface area contributed by atoms with Gasteiger partial charge in [-0.3, -0.25) is 9.11 Å². The zero-order valence-corrected chi connectivity index (χ0v) is 6.20. The Morgan fingerprint density at radius 1 is 0.900 bits per heavy atom. The molecule has 0 aromatic heterocycles. The summed E-state index contributed by atoms with van der Waals surface area (Å²) in [6.45, 7) is 0. The summed E-state index contributed by atoms with van der Waals surface area (Å²) in [4.78, 5) is 0. The van der Waals surface area contributed by atoms with Crippen LogP contribution in [0.2, 0.25) is 0 Å². The van der Waals surface area contributed by atoms with Gasteiger partial charge in [-0.2, -0.15) is 16.8 Å². The Morgan fingerprint density at radius 3 is 1.10 bits per heavy atom. The summed E-state index contributed by atoms with van der Waals surface area (Å²) >= 11 is 0. The van der Waals surface area contributed by atoms with Crippen molar-refractivity contribution in [3.05, 3.63) is 0 Å². The predicted molar refractivity (Wildman–Crippen MR) is 40.6 cm³/mol. The molecular weight excluding hydrogens is 262 g/mol. The Morgan fingerprint density at radius 2 is 1.10 bits per heavy atom. The Balaban J connectivity index is 0. The van der Waals surface area contributed by atoms with Crippen LogP contribution in [0.4, 0.5) is 0 Å². The normalized spacial score (nSPS) is 12.2. The molecule has 10 heavy (non-hydrogen) atoms. The predicted octanol–water partition coefficient (Wildman–Crippen LogP) is -1.86. The van der Waals surface area contributed by atoms with Crippen LogP contribution in [-0.4, -0.2) is 45.7 Å². The summed E-state index contributed by atoms with van der Waals surface area (Å²) in [5, 5.41) is 0. The minimum atomic E-state index is -4.70. The fourth-order valence-electron chi connectivity index (χ4n) is 0.109. The van der Waals surface area contributed by atoms with Gasteiger partial charge in [0.1, 0.15) is 0 Å². The van der Waals surface area contributed by atoms with Gasteiger partial charge in [-0.15, -0.1) is 0 Å². The Labute approximate surface area is 73.7 Å². The molecule has 0 spiro atoms. The van der Waals surface area contributed by atoms with Crippen molar-refractivity contribution in [2.75, 3.05) is 0 Å². The molecule has 0 saturated heterocycles. The number of hydrogen-bond acceptors (Lipinski definition) is 5. The summed E-state index contributed by atoms with van der Waals surface area (Å²) in [5.41, 5.74) is 0. The summed E-state index contributed by atoms with van der Waals surface area (Å²) in [6, 6.07) is 0. The van der Waals surface area contributed by atoms with Gasteiger partial charge in [-0.05, 0) is 0 Å². The van der Waals surface area contributed by atoms with E-state index in [1.807, 2.05) is 0 Å². The monoisotopic (exact) mass is 266 g/mol. The van der Waals surface area contributed by atoms with Gasteiger partial charge in [0.05, 0.1) is 0 Å². The van der Waals surface area contributed by atoms with Crippen molar-refractivity contribution in [1.82, 2.24) is 0 Å². The molecule has 0 heterocycles. The molecule has 2 N–H and O–H groups in total. The third kappa shape index (κ3) is 11.6. The van der Waals surface area contributed by atoms with Crippen LogP contribution in [0.1, 0.15) is 0 Å². The molecule has 0 radical (unpaired) electrons. The molecule has 0 aliphatic carbocycles.